The summed E-state index contributed by atoms with van der Waals surface area (Å²) in [6, 6.07) is 0.422. The Bertz CT molecular complexity index is 369. The summed E-state index contributed by atoms with van der Waals surface area (Å²) in [6.45, 7) is 9.24. The van der Waals surface area contributed by atoms with Gasteiger partial charge in [0.2, 0.25) is 5.91 Å². The van der Waals surface area contributed by atoms with Gasteiger partial charge in [-0.25, -0.2) is 0 Å². The molecule has 1 aliphatic carbocycles. The Hall–Kier alpha value is -1.05. The first-order valence-corrected chi connectivity index (χ1v) is 7.25. The molecule has 2 rings (SSSR count). The van der Waals surface area contributed by atoms with Gasteiger partial charge in [-0.15, -0.1) is 0 Å². The maximum absolute atomic E-state index is 12.5. The van der Waals surface area contributed by atoms with Crippen molar-refractivity contribution < 1.29 is 4.79 Å². The third-order valence-corrected chi connectivity index (χ3v) is 4.45. The molecule has 0 saturated carbocycles. The van der Waals surface area contributed by atoms with E-state index in [9.17, 15) is 4.79 Å². The fourth-order valence-electron chi connectivity index (χ4n) is 3.06. The van der Waals surface area contributed by atoms with Crippen LogP contribution in [0.15, 0.2) is 23.8 Å². The van der Waals surface area contributed by atoms with Crippen molar-refractivity contribution in [2.75, 3.05) is 6.54 Å². The lowest BCUT2D eigenvalue weighted by Gasteiger charge is -2.35. The van der Waals surface area contributed by atoms with Crippen molar-refractivity contribution in [1.82, 2.24) is 4.90 Å². The molecule has 2 atom stereocenters. The lowest BCUT2D eigenvalue weighted by molar-refractivity contribution is -0.130. The molecule has 1 fully saturated rings. The van der Waals surface area contributed by atoms with Crippen LogP contribution >= 0.6 is 0 Å². The van der Waals surface area contributed by atoms with Crippen LogP contribution in [0.2, 0.25) is 0 Å². The quantitative estimate of drug-likeness (QED) is 0.681. The fourth-order valence-corrected chi connectivity index (χ4v) is 3.06. The van der Waals surface area contributed by atoms with E-state index in [2.05, 4.69) is 31.4 Å². The molecule has 0 radical (unpaired) electrons. The van der Waals surface area contributed by atoms with Crippen LogP contribution in [0.3, 0.4) is 0 Å². The summed E-state index contributed by atoms with van der Waals surface area (Å²) >= 11 is 0. The van der Waals surface area contributed by atoms with Crippen LogP contribution in [-0.2, 0) is 4.79 Å². The van der Waals surface area contributed by atoms with Crippen molar-refractivity contribution in [1.29, 1.82) is 0 Å². The number of amides is 1. The number of nitrogens with zero attached hydrogens (tertiary/aromatic N) is 1. The molecule has 0 spiro atoms. The van der Waals surface area contributed by atoms with Crippen LogP contribution in [-0.4, -0.2) is 23.4 Å². The van der Waals surface area contributed by atoms with E-state index in [-0.39, 0.29) is 0 Å². The van der Waals surface area contributed by atoms with Crippen LogP contribution in [0, 0.1) is 5.92 Å². The van der Waals surface area contributed by atoms with Crippen molar-refractivity contribution >= 4 is 5.91 Å². The molecule has 2 heteroatoms. The van der Waals surface area contributed by atoms with Crippen molar-refractivity contribution in [3.05, 3.63) is 23.8 Å². The third kappa shape index (κ3) is 2.85. The molecule has 0 aromatic carbocycles. The molecule has 0 aromatic rings. The summed E-state index contributed by atoms with van der Waals surface area (Å²) in [5, 5.41) is 0. The Kier molecular flexibility index (Phi) is 4.26. The standard InChI is InChI=1S/C16H25NO/c1-12(2)14-7-9-15(10-8-14)16(18)17-11-5-4-6-13(17)3/h9,13-14H,1,4-8,10-11H2,2-3H3/t13?,14-/m1/s1. The van der Waals surface area contributed by atoms with Gasteiger partial charge in [-0.3, -0.25) is 4.79 Å². The van der Waals surface area contributed by atoms with E-state index in [4.69, 9.17) is 0 Å². The minimum Gasteiger partial charge on any atom is -0.336 e. The molecule has 1 amide bonds. The first kappa shape index (κ1) is 13.4. The molecular formula is C16H25NO. The zero-order valence-electron chi connectivity index (χ0n) is 11.7. The Morgan fingerprint density at radius 2 is 2.17 bits per heavy atom. The number of hydrogen-bond donors (Lipinski definition) is 0. The molecule has 0 aromatic heterocycles. The van der Waals surface area contributed by atoms with Gasteiger partial charge in [0.05, 0.1) is 0 Å². The summed E-state index contributed by atoms with van der Waals surface area (Å²) in [4.78, 5) is 14.6. The highest BCUT2D eigenvalue weighted by Crippen LogP contribution is 2.30. The molecule has 1 unspecified atom stereocenters. The number of hydrogen-bond acceptors (Lipinski definition) is 1. The van der Waals surface area contributed by atoms with Gasteiger partial charge < -0.3 is 4.90 Å². The summed E-state index contributed by atoms with van der Waals surface area (Å²) in [5.41, 5.74) is 2.30. The Morgan fingerprint density at radius 1 is 1.39 bits per heavy atom. The molecule has 0 bridgehead atoms. The minimum absolute atomic E-state index is 0.294. The van der Waals surface area contributed by atoms with Gasteiger partial charge in [-0.05, 0) is 58.3 Å². The van der Waals surface area contributed by atoms with Crippen molar-refractivity contribution in [2.45, 2.75) is 58.4 Å². The van der Waals surface area contributed by atoms with Crippen LogP contribution in [0.25, 0.3) is 0 Å². The summed E-state index contributed by atoms with van der Waals surface area (Å²) in [5.74, 6) is 0.877. The topological polar surface area (TPSA) is 20.3 Å². The number of carbonyl (C=O) groups excluding carboxylic acids is 1. The molecule has 1 aliphatic heterocycles. The average molecular weight is 247 g/mol. The van der Waals surface area contributed by atoms with E-state index in [0.29, 0.717) is 17.9 Å². The molecule has 0 N–H and O–H groups in total. The number of piperidine rings is 1. The summed E-state index contributed by atoms with van der Waals surface area (Å²) < 4.78 is 0. The van der Waals surface area contributed by atoms with Gasteiger partial charge >= 0.3 is 0 Å². The van der Waals surface area contributed by atoms with Crippen LogP contribution < -0.4 is 0 Å². The molecule has 2 aliphatic rings. The number of carbonyl (C=O) groups is 1. The minimum atomic E-state index is 0.294. The highest BCUT2D eigenvalue weighted by Gasteiger charge is 2.27. The maximum Gasteiger partial charge on any atom is 0.249 e. The van der Waals surface area contributed by atoms with E-state index in [1.807, 2.05) is 0 Å². The first-order valence-electron chi connectivity index (χ1n) is 7.25. The van der Waals surface area contributed by atoms with Crippen LogP contribution in [0.5, 0.6) is 0 Å². The fraction of sp³-hybridized carbons (Fsp3) is 0.688. The maximum atomic E-state index is 12.5. The van der Waals surface area contributed by atoms with Gasteiger partial charge in [0.15, 0.2) is 0 Å². The number of rotatable bonds is 2. The predicted octanol–water partition coefficient (Wildman–Crippen LogP) is 3.69. The third-order valence-electron chi connectivity index (χ3n) is 4.45. The van der Waals surface area contributed by atoms with Crippen molar-refractivity contribution in [3.8, 4) is 0 Å². The second kappa shape index (κ2) is 5.73. The second-order valence-electron chi connectivity index (χ2n) is 5.89. The Morgan fingerprint density at radius 3 is 2.72 bits per heavy atom. The van der Waals surface area contributed by atoms with E-state index >= 15 is 0 Å². The van der Waals surface area contributed by atoms with Crippen LogP contribution in [0.4, 0.5) is 0 Å². The molecular weight excluding hydrogens is 222 g/mol. The Labute approximate surface area is 111 Å². The van der Waals surface area contributed by atoms with E-state index in [0.717, 1.165) is 44.2 Å². The normalized spacial score (nSPS) is 28.8. The highest BCUT2D eigenvalue weighted by atomic mass is 16.2. The van der Waals surface area contributed by atoms with Gasteiger partial charge in [-0.2, -0.15) is 0 Å². The van der Waals surface area contributed by atoms with Gasteiger partial charge in [0, 0.05) is 18.2 Å². The molecule has 100 valence electrons. The molecule has 1 saturated heterocycles. The van der Waals surface area contributed by atoms with Gasteiger partial charge in [-0.1, -0.05) is 18.2 Å². The highest BCUT2D eigenvalue weighted by molar-refractivity contribution is 5.93. The largest absolute Gasteiger partial charge is 0.336 e. The average Bonchev–Trinajstić information content (AvgIpc) is 2.38. The van der Waals surface area contributed by atoms with E-state index in [1.54, 1.807) is 0 Å². The molecule has 1 heterocycles. The van der Waals surface area contributed by atoms with E-state index < -0.39 is 0 Å². The van der Waals surface area contributed by atoms with Crippen molar-refractivity contribution in [2.24, 2.45) is 5.92 Å². The Balaban J connectivity index is 1.99. The summed E-state index contributed by atoms with van der Waals surface area (Å²) in [7, 11) is 0. The number of allylic oxidation sites excluding steroid dienone is 2. The zero-order chi connectivity index (χ0) is 13.1. The molecule has 18 heavy (non-hydrogen) atoms. The molecule has 2 nitrogen and oxygen atoms in total. The van der Waals surface area contributed by atoms with Crippen LogP contribution in [0.1, 0.15) is 52.4 Å². The summed E-state index contributed by atoms with van der Waals surface area (Å²) in [6.07, 6.45) is 8.77. The van der Waals surface area contributed by atoms with Gasteiger partial charge in [0.1, 0.15) is 0 Å². The predicted molar refractivity (Wildman–Crippen MR) is 75.3 cm³/mol. The second-order valence-corrected chi connectivity index (χ2v) is 5.89. The SMILES string of the molecule is C=C(C)[C@@H]1CC=C(C(=O)N2CCCCC2C)CC1. The van der Waals surface area contributed by atoms with Crippen molar-refractivity contribution in [3.63, 3.8) is 0 Å². The van der Waals surface area contributed by atoms with E-state index in [1.165, 1.54) is 12.0 Å². The monoisotopic (exact) mass is 247 g/mol. The van der Waals surface area contributed by atoms with Gasteiger partial charge in [0.25, 0.3) is 0 Å². The lowest BCUT2D eigenvalue weighted by atomic mass is 9.85. The smallest absolute Gasteiger partial charge is 0.249 e. The first-order chi connectivity index (χ1) is 8.59. The zero-order valence-corrected chi connectivity index (χ0v) is 11.7. The number of likely N-dealkylation sites (tertiary alicyclic amines) is 1. The lowest BCUT2D eigenvalue weighted by Crippen LogP contribution is -2.43.